The predicted octanol–water partition coefficient (Wildman–Crippen LogP) is 4.05. The molecule has 0 aliphatic carbocycles. The van der Waals surface area contributed by atoms with Crippen LogP contribution in [0.5, 0.6) is 0 Å². The quantitative estimate of drug-likeness (QED) is 0.613. The van der Waals surface area contributed by atoms with E-state index < -0.39 is 0 Å². The van der Waals surface area contributed by atoms with Crippen LogP contribution in [0.25, 0.3) is 10.6 Å². The van der Waals surface area contributed by atoms with E-state index in [0.29, 0.717) is 5.69 Å². The number of aromatic nitrogens is 2. The molecule has 0 saturated carbocycles. The number of nitrogens with zero attached hydrogens (tertiary/aromatic N) is 4. The molecule has 1 fully saturated rings. The molecule has 0 aromatic carbocycles. The first-order chi connectivity index (χ1) is 13.7. The maximum atomic E-state index is 12.9. The van der Waals surface area contributed by atoms with Crippen molar-refractivity contribution in [2.45, 2.75) is 25.3 Å². The first-order valence-electron chi connectivity index (χ1n) is 9.58. The number of pyridine rings is 1. The van der Waals surface area contributed by atoms with Crippen molar-refractivity contribution in [2.75, 3.05) is 26.7 Å². The Kier molecular flexibility index (Phi) is 6.14. The van der Waals surface area contributed by atoms with Crippen molar-refractivity contribution in [3.05, 3.63) is 58.0 Å². The zero-order valence-electron chi connectivity index (χ0n) is 16.0. The molecule has 1 aliphatic rings. The van der Waals surface area contributed by atoms with E-state index in [-0.39, 0.29) is 11.9 Å². The Morgan fingerprint density at radius 2 is 2.11 bits per heavy atom. The standard InChI is InChI=1S/C21H24N4OS2/c1-24(21(26)19-15-28-20(23-19)16-8-13-27-14-16)18-6-11-25(12-7-18)10-5-17-4-2-3-9-22-17/h2-4,8-9,13-15,18H,5-7,10-12H2,1H3. The van der Waals surface area contributed by atoms with Gasteiger partial charge in [-0.1, -0.05) is 6.07 Å². The Morgan fingerprint density at radius 3 is 2.82 bits per heavy atom. The summed E-state index contributed by atoms with van der Waals surface area (Å²) < 4.78 is 0. The second-order valence-corrected chi connectivity index (χ2v) is 8.75. The second-order valence-electron chi connectivity index (χ2n) is 7.11. The highest BCUT2D eigenvalue weighted by Crippen LogP contribution is 2.27. The van der Waals surface area contributed by atoms with Crippen LogP contribution < -0.4 is 0 Å². The van der Waals surface area contributed by atoms with E-state index in [4.69, 9.17) is 0 Å². The van der Waals surface area contributed by atoms with Gasteiger partial charge >= 0.3 is 0 Å². The van der Waals surface area contributed by atoms with Crippen molar-refractivity contribution >= 4 is 28.6 Å². The van der Waals surface area contributed by atoms with Crippen molar-refractivity contribution in [3.8, 4) is 10.6 Å². The number of hydrogen-bond donors (Lipinski definition) is 0. The Hall–Kier alpha value is -2.09. The van der Waals surface area contributed by atoms with Crippen molar-refractivity contribution in [2.24, 2.45) is 0 Å². The lowest BCUT2D eigenvalue weighted by molar-refractivity contribution is 0.0638. The summed E-state index contributed by atoms with van der Waals surface area (Å²) in [5.41, 5.74) is 2.80. The SMILES string of the molecule is CN(C(=O)c1csc(-c2ccsc2)n1)C1CCN(CCc2ccccn2)CC1. The van der Waals surface area contributed by atoms with E-state index in [1.54, 1.807) is 11.3 Å². The third-order valence-electron chi connectivity index (χ3n) is 5.33. The van der Waals surface area contributed by atoms with Gasteiger partial charge in [-0.3, -0.25) is 9.78 Å². The van der Waals surface area contributed by atoms with Gasteiger partial charge in [0.2, 0.25) is 0 Å². The number of carbonyl (C=O) groups excluding carboxylic acids is 1. The largest absolute Gasteiger partial charge is 0.337 e. The van der Waals surface area contributed by atoms with Gasteiger partial charge < -0.3 is 9.80 Å². The van der Waals surface area contributed by atoms with Gasteiger partial charge in [-0.2, -0.15) is 11.3 Å². The molecule has 0 atom stereocenters. The molecule has 4 rings (SSSR count). The van der Waals surface area contributed by atoms with Gasteiger partial charge in [0.25, 0.3) is 5.91 Å². The van der Waals surface area contributed by atoms with Gasteiger partial charge in [-0.15, -0.1) is 11.3 Å². The Bertz CT molecular complexity index is 886. The van der Waals surface area contributed by atoms with Crippen LogP contribution in [0.2, 0.25) is 0 Å². The third-order valence-corrected chi connectivity index (χ3v) is 6.90. The van der Waals surface area contributed by atoms with Crippen LogP contribution in [0.1, 0.15) is 29.0 Å². The van der Waals surface area contributed by atoms with Gasteiger partial charge in [0, 0.05) is 67.4 Å². The summed E-state index contributed by atoms with van der Waals surface area (Å²) in [4.78, 5) is 26.2. The number of thiazole rings is 1. The van der Waals surface area contributed by atoms with Crippen LogP contribution in [0.3, 0.4) is 0 Å². The zero-order valence-corrected chi connectivity index (χ0v) is 17.6. The van der Waals surface area contributed by atoms with Gasteiger partial charge in [-0.05, 0) is 36.4 Å². The normalized spacial score (nSPS) is 15.6. The molecule has 146 valence electrons. The topological polar surface area (TPSA) is 49.3 Å². The fraction of sp³-hybridized carbons (Fsp3) is 0.381. The highest BCUT2D eigenvalue weighted by atomic mass is 32.1. The van der Waals surface area contributed by atoms with Crippen LogP contribution in [0, 0.1) is 0 Å². The Balaban J connectivity index is 1.29. The molecule has 1 aliphatic heterocycles. The molecule has 0 radical (unpaired) electrons. The van der Waals surface area contributed by atoms with Crippen molar-refractivity contribution in [3.63, 3.8) is 0 Å². The minimum Gasteiger partial charge on any atom is -0.337 e. The van der Waals surface area contributed by atoms with E-state index in [1.165, 1.54) is 11.3 Å². The van der Waals surface area contributed by atoms with E-state index in [2.05, 4.69) is 26.3 Å². The van der Waals surface area contributed by atoms with E-state index >= 15 is 0 Å². The molecule has 3 aromatic rings. The smallest absolute Gasteiger partial charge is 0.273 e. The lowest BCUT2D eigenvalue weighted by atomic mass is 10.0. The Morgan fingerprint density at radius 1 is 1.25 bits per heavy atom. The third kappa shape index (κ3) is 4.48. The fourth-order valence-electron chi connectivity index (χ4n) is 3.59. The average molecular weight is 413 g/mol. The average Bonchev–Trinajstić information content (AvgIpc) is 3.44. The van der Waals surface area contributed by atoms with Gasteiger partial charge in [-0.25, -0.2) is 4.98 Å². The van der Waals surface area contributed by atoms with Crippen molar-refractivity contribution < 1.29 is 4.79 Å². The highest BCUT2D eigenvalue weighted by Gasteiger charge is 2.27. The molecule has 0 unspecified atom stereocenters. The number of rotatable bonds is 6. The van der Waals surface area contributed by atoms with Crippen molar-refractivity contribution in [1.29, 1.82) is 0 Å². The maximum absolute atomic E-state index is 12.9. The molecule has 3 aromatic heterocycles. The second kappa shape index (κ2) is 8.94. The highest BCUT2D eigenvalue weighted by molar-refractivity contribution is 7.14. The summed E-state index contributed by atoms with van der Waals surface area (Å²) in [7, 11) is 1.92. The first kappa shape index (κ1) is 19.2. The molecule has 1 amide bonds. The minimum absolute atomic E-state index is 0.0321. The number of amides is 1. The molecule has 5 nitrogen and oxygen atoms in total. The molecular formula is C21H24N4OS2. The number of hydrogen-bond acceptors (Lipinski definition) is 6. The maximum Gasteiger partial charge on any atom is 0.273 e. The molecule has 28 heavy (non-hydrogen) atoms. The van der Waals surface area contributed by atoms with Crippen LogP contribution in [-0.2, 0) is 6.42 Å². The summed E-state index contributed by atoms with van der Waals surface area (Å²) in [6.45, 7) is 3.07. The lowest BCUT2D eigenvalue weighted by Gasteiger charge is -2.36. The van der Waals surface area contributed by atoms with Crippen LogP contribution >= 0.6 is 22.7 Å². The monoisotopic (exact) mass is 412 g/mol. The first-order valence-corrected chi connectivity index (χ1v) is 11.4. The van der Waals surface area contributed by atoms with Crippen molar-refractivity contribution in [1.82, 2.24) is 19.8 Å². The molecule has 4 heterocycles. The summed E-state index contributed by atoms with van der Waals surface area (Å²) in [5.74, 6) is 0.0321. The summed E-state index contributed by atoms with van der Waals surface area (Å²) in [6.07, 6.45) is 4.84. The number of thiophene rings is 1. The van der Waals surface area contributed by atoms with Gasteiger partial charge in [0.15, 0.2) is 0 Å². The molecule has 0 bridgehead atoms. The van der Waals surface area contributed by atoms with E-state index in [0.717, 1.165) is 55.2 Å². The molecule has 0 N–H and O–H groups in total. The molecule has 1 saturated heterocycles. The summed E-state index contributed by atoms with van der Waals surface area (Å²) >= 11 is 3.18. The number of carbonyl (C=O) groups is 1. The number of likely N-dealkylation sites (tertiary alicyclic amines) is 1. The van der Waals surface area contributed by atoms with Gasteiger partial charge in [0.1, 0.15) is 10.7 Å². The Labute approximate surface area is 173 Å². The van der Waals surface area contributed by atoms with Crippen LogP contribution in [-0.4, -0.2) is 58.4 Å². The van der Waals surface area contributed by atoms with Crippen LogP contribution in [0.15, 0.2) is 46.6 Å². The lowest BCUT2D eigenvalue weighted by Crippen LogP contribution is -2.46. The van der Waals surface area contributed by atoms with Crippen LogP contribution in [0.4, 0.5) is 0 Å². The van der Waals surface area contributed by atoms with Gasteiger partial charge in [0.05, 0.1) is 0 Å². The number of piperidine rings is 1. The summed E-state index contributed by atoms with van der Waals surface area (Å²) in [5, 5.41) is 6.90. The zero-order chi connectivity index (χ0) is 19.3. The summed E-state index contributed by atoms with van der Waals surface area (Å²) in [6, 6.07) is 8.40. The minimum atomic E-state index is 0.0321. The van der Waals surface area contributed by atoms with E-state index in [9.17, 15) is 4.79 Å². The molecule has 0 spiro atoms. The predicted molar refractivity (Wildman–Crippen MR) is 115 cm³/mol. The molecular weight excluding hydrogens is 388 g/mol. The fourth-order valence-corrected chi connectivity index (χ4v) is 5.09. The molecule has 7 heteroatoms. The van der Waals surface area contributed by atoms with E-state index in [1.807, 2.05) is 47.1 Å².